The summed E-state index contributed by atoms with van der Waals surface area (Å²) in [5, 5.41) is 8.00. The molecule has 0 aliphatic rings. The summed E-state index contributed by atoms with van der Waals surface area (Å²) in [5.74, 6) is 0. The van der Waals surface area contributed by atoms with Gasteiger partial charge in [-0.05, 0) is 25.1 Å². The highest BCUT2D eigenvalue weighted by Gasteiger charge is 2.17. The molecule has 0 aromatic carbocycles. The molecule has 0 saturated heterocycles. The lowest BCUT2D eigenvalue weighted by Crippen LogP contribution is -2.22. The molecular formula is C16H20N4S. The molecule has 110 valence electrons. The molecule has 5 heteroatoms. The highest BCUT2D eigenvalue weighted by atomic mass is 32.1. The Balaban J connectivity index is 1.90. The number of aromatic nitrogens is 3. The fraction of sp³-hybridized carbons (Fsp3) is 0.375. The zero-order valence-corrected chi connectivity index (χ0v) is 13.2. The van der Waals surface area contributed by atoms with Crippen molar-refractivity contribution in [2.75, 3.05) is 6.54 Å². The van der Waals surface area contributed by atoms with Crippen LogP contribution in [-0.2, 0) is 12.8 Å². The van der Waals surface area contributed by atoms with E-state index in [1.165, 1.54) is 15.3 Å². The summed E-state index contributed by atoms with van der Waals surface area (Å²) in [5.41, 5.74) is 2.30. The first kappa shape index (κ1) is 14.2. The zero-order valence-electron chi connectivity index (χ0n) is 12.4. The van der Waals surface area contributed by atoms with Gasteiger partial charge >= 0.3 is 0 Å². The average Bonchev–Trinajstić information content (AvgIpc) is 3.13. The summed E-state index contributed by atoms with van der Waals surface area (Å²) in [7, 11) is 0. The first-order valence-corrected chi connectivity index (χ1v) is 8.21. The molecule has 4 nitrogen and oxygen atoms in total. The molecule has 3 aromatic rings. The van der Waals surface area contributed by atoms with Gasteiger partial charge in [0.05, 0.1) is 17.9 Å². The highest BCUT2D eigenvalue weighted by molar-refractivity contribution is 7.11. The SMILES string of the molecule is CCNC(Cc1ccc(CC)s1)c1cnn2ccncc12. The Morgan fingerprint density at radius 2 is 2.10 bits per heavy atom. The molecular weight excluding hydrogens is 280 g/mol. The van der Waals surface area contributed by atoms with Crippen LogP contribution in [0.3, 0.4) is 0 Å². The van der Waals surface area contributed by atoms with E-state index in [2.05, 4.69) is 41.4 Å². The van der Waals surface area contributed by atoms with Gasteiger partial charge in [0.15, 0.2) is 0 Å². The van der Waals surface area contributed by atoms with Crippen LogP contribution in [0.15, 0.2) is 36.9 Å². The summed E-state index contributed by atoms with van der Waals surface area (Å²) in [4.78, 5) is 7.09. The minimum absolute atomic E-state index is 0.278. The van der Waals surface area contributed by atoms with Crippen molar-refractivity contribution in [3.63, 3.8) is 0 Å². The molecule has 0 saturated carbocycles. The van der Waals surface area contributed by atoms with E-state index in [0.29, 0.717) is 0 Å². The quantitative estimate of drug-likeness (QED) is 0.760. The predicted molar refractivity (Wildman–Crippen MR) is 86.8 cm³/mol. The number of hydrogen-bond donors (Lipinski definition) is 1. The molecule has 0 bridgehead atoms. The van der Waals surface area contributed by atoms with Gasteiger partial charge in [0.25, 0.3) is 0 Å². The van der Waals surface area contributed by atoms with Gasteiger partial charge in [-0.25, -0.2) is 4.52 Å². The summed E-state index contributed by atoms with van der Waals surface area (Å²) >= 11 is 1.91. The maximum atomic E-state index is 4.42. The Hall–Kier alpha value is -1.72. The molecule has 3 aromatic heterocycles. The Labute approximate surface area is 128 Å². The Bertz CT molecular complexity index is 716. The highest BCUT2D eigenvalue weighted by Crippen LogP contribution is 2.26. The van der Waals surface area contributed by atoms with Crippen molar-refractivity contribution in [1.29, 1.82) is 0 Å². The van der Waals surface area contributed by atoms with Crippen LogP contribution >= 0.6 is 11.3 Å². The third kappa shape index (κ3) is 2.99. The van der Waals surface area contributed by atoms with Gasteiger partial charge < -0.3 is 5.32 Å². The standard InChI is InChI=1S/C16H20N4S/c1-3-12-5-6-13(21-12)9-15(18-4-2)14-10-19-20-8-7-17-11-16(14)20/h5-8,10-11,15,18H,3-4,9H2,1-2H3. The van der Waals surface area contributed by atoms with Crippen LogP contribution in [0.5, 0.6) is 0 Å². The maximum absolute atomic E-state index is 4.42. The van der Waals surface area contributed by atoms with Crippen molar-refractivity contribution >= 4 is 16.9 Å². The van der Waals surface area contributed by atoms with E-state index >= 15 is 0 Å². The van der Waals surface area contributed by atoms with E-state index in [1.54, 1.807) is 6.20 Å². The number of fused-ring (bicyclic) bond motifs is 1. The molecule has 0 radical (unpaired) electrons. The van der Waals surface area contributed by atoms with E-state index in [1.807, 2.05) is 34.4 Å². The van der Waals surface area contributed by atoms with Gasteiger partial charge in [0, 0.05) is 40.2 Å². The van der Waals surface area contributed by atoms with Crippen LogP contribution in [0.1, 0.15) is 35.2 Å². The monoisotopic (exact) mass is 300 g/mol. The Morgan fingerprint density at radius 1 is 1.24 bits per heavy atom. The number of likely N-dealkylation sites (N-methyl/N-ethyl adjacent to an activating group) is 1. The van der Waals surface area contributed by atoms with E-state index < -0.39 is 0 Å². The predicted octanol–water partition coefficient (Wildman–Crippen LogP) is 3.25. The average molecular weight is 300 g/mol. The minimum Gasteiger partial charge on any atom is -0.310 e. The van der Waals surface area contributed by atoms with Gasteiger partial charge in [-0.15, -0.1) is 11.3 Å². The number of nitrogens with one attached hydrogen (secondary N) is 1. The molecule has 21 heavy (non-hydrogen) atoms. The number of nitrogens with zero attached hydrogens (tertiary/aromatic N) is 3. The van der Waals surface area contributed by atoms with Gasteiger partial charge in [-0.3, -0.25) is 4.98 Å². The molecule has 3 heterocycles. The van der Waals surface area contributed by atoms with Gasteiger partial charge in [-0.2, -0.15) is 5.10 Å². The first-order valence-electron chi connectivity index (χ1n) is 7.40. The Morgan fingerprint density at radius 3 is 2.86 bits per heavy atom. The van der Waals surface area contributed by atoms with Crippen LogP contribution in [0.2, 0.25) is 0 Å². The molecule has 1 N–H and O–H groups in total. The normalized spacial score (nSPS) is 12.9. The Kier molecular flexibility index (Phi) is 4.31. The molecule has 1 unspecified atom stereocenters. The lowest BCUT2D eigenvalue weighted by Gasteiger charge is -2.16. The zero-order chi connectivity index (χ0) is 14.7. The van der Waals surface area contributed by atoms with Crippen molar-refractivity contribution in [2.24, 2.45) is 0 Å². The molecule has 3 rings (SSSR count). The van der Waals surface area contributed by atoms with Crippen molar-refractivity contribution in [2.45, 2.75) is 32.7 Å². The topological polar surface area (TPSA) is 42.2 Å². The second-order valence-corrected chi connectivity index (χ2v) is 6.29. The third-order valence-corrected chi connectivity index (χ3v) is 4.90. The van der Waals surface area contributed by atoms with Crippen molar-refractivity contribution in [3.05, 3.63) is 52.2 Å². The van der Waals surface area contributed by atoms with Crippen LogP contribution < -0.4 is 5.32 Å². The number of aryl methyl sites for hydroxylation is 1. The lowest BCUT2D eigenvalue weighted by molar-refractivity contribution is 0.556. The summed E-state index contributed by atoms with van der Waals surface area (Å²) < 4.78 is 1.89. The van der Waals surface area contributed by atoms with Crippen molar-refractivity contribution < 1.29 is 0 Å². The van der Waals surface area contributed by atoms with Crippen LogP contribution in [0.25, 0.3) is 5.52 Å². The molecule has 0 fully saturated rings. The van der Waals surface area contributed by atoms with Gasteiger partial charge in [0.1, 0.15) is 0 Å². The molecule has 0 spiro atoms. The lowest BCUT2D eigenvalue weighted by atomic mass is 10.0. The van der Waals surface area contributed by atoms with Crippen LogP contribution in [0.4, 0.5) is 0 Å². The number of thiophene rings is 1. The van der Waals surface area contributed by atoms with Crippen LogP contribution in [0, 0.1) is 0 Å². The van der Waals surface area contributed by atoms with E-state index in [0.717, 1.165) is 24.9 Å². The fourth-order valence-corrected chi connectivity index (χ4v) is 3.59. The minimum atomic E-state index is 0.278. The smallest absolute Gasteiger partial charge is 0.0892 e. The molecule has 0 aliphatic carbocycles. The summed E-state index contributed by atoms with van der Waals surface area (Å²) in [6, 6.07) is 4.76. The van der Waals surface area contributed by atoms with E-state index in [4.69, 9.17) is 0 Å². The first-order chi connectivity index (χ1) is 10.3. The molecule has 0 amide bonds. The largest absolute Gasteiger partial charge is 0.310 e. The van der Waals surface area contributed by atoms with Crippen molar-refractivity contribution in [1.82, 2.24) is 19.9 Å². The van der Waals surface area contributed by atoms with E-state index in [9.17, 15) is 0 Å². The van der Waals surface area contributed by atoms with E-state index in [-0.39, 0.29) is 6.04 Å². The molecule has 1 atom stereocenters. The van der Waals surface area contributed by atoms with Crippen LogP contribution in [-0.4, -0.2) is 21.1 Å². The molecule has 0 aliphatic heterocycles. The number of rotatable bonds is 6. The fourth-order valence-electron chi connectivity index (χ4n) is 2.58. The third-order valence-electron chi connectivity index (χ3n) is 3.65. The van der Waals surface area contributed by atoms with Crippen molar-refractivity contribution in [3.8, 4) is 0 Å². The number of hydrogen-bond acceptors (Lipinski definition) is 4. The second-order valence-electron chi connectivity index (χ2n) is 5.04. The summed E-state index contributed by atoms with van der Waals surface area (Å²) in [6.07, 6.45) is 9.60. The second kappa shape index (κ2) is 6.37. The van der Waals surface area contributed by atoms with Gasteiger partial charge in [0.2, 0.25) is 0 Å². The maximum Gasteiger partial charge on any atom is 0.0892 e. The summed E-state index contributed by atoms with van der Waals surface area (Å²) in [6.45, 7) is 5.28. The van der Waals surface area contributed by atoms with Gasteiger partial charge in [-0.1, -0.05) is 13.8 Å².